The van der Waals surface area contributed by atoms with Crippen molar-refractivity contribution in [3.63, 3.8) is 0 Å². The van der Waals surface area contributed by atoms with Crippen molar-refractivity contribution < 1.29 is 5.11 Å². The number of halogens is 1. The summed E-state index contributed by atoms with van der Waals surface area (Å²) in [7, 11) is 0. The smallest absolute Gasteiger partial charge is 0.141 e. The maximum absolute atomic E-state index is 9.66. The van der Waals surface area contributed by atoms with Crippen LogP contribution >= 0.6 is 25.0 Å². The van der Waals surface area contributed by atoms with Crippen LogP contribution in [0.5, 0.6) is 5.75 Å². The van der Waals surface area contributed by atoms with E-state index in [1.807, 2.05) is 19.1 Å². The molecule has 1 aromatic heterocycles. The van der Waals surface area contributed by atoms with Crippen molar-refractivity contribution in [2.45, 2.75) is 19.6 Å². The standard InChI is InChI=1S/C10H13NOS.ClH/c1-3-4-8-5-11-7(2)10(12)9(8)6-13;/h3-5,12-13H,6H2,1-2H3;1H/b4-3-;. The zero-order chi connectivity index (χ0) is 9.84. The van der Waals surface area contributed by atoms with Gasteiger partial charge in [-0.15, -0.1) is 12.4 Å². The van der Waals surface area contributed by atoms with E-state index < -0.39 is 0 Å². The molecule has 0 bridgehead atoms. The average Bonchev–Trinajstić information content (AvgIpc) is 2.12. The second-order valence-electron chi connectivity index (χ2n) is 2.78. The molecule has 0 fully saturated rings. The highest BCUT2D eigenvalue weighted by molar-refractivity contribution is 7.79. The molecule has 14 heavy (non-hydrogen) atoms. The van der Waals surface area contributed by atoms with Crippen molar-refractivity contribution in [2.75, 3.05) is 0 Å². The van der Waals surface area contributed by atoms with Crippen LogP contribution in [-0.2, 0) is 5.75 Å². The molecular formula is C10H14ClNOS. The Balaban J connectivity index is 0.00000169. The van der Waals surface area contributed by atoms with E-state index in [1.165, 1.54) is 0 Å². The predicted octanol–water partition coefficient (Wildman–Crippen LogP) is 2.98. The number of aryl methyl sites for hydroxylation is 1. The first-order chi connectivity index (χ1) is 6.20. The zero-order valence-corrected chi connectivity index (χ0v) is 9.90. The molecule has 0 aliphatic rings. The molecule has 0 radical (unpaired) electrons. The molecule has 0 spiro atoms. The molecule has 0 saturated heterocycles. The van der Waals surface area contributed by atoms with E-state index in [4.69, 9.17) is 0 Å². The number of allylic oxidation sites excluding steroid dienone is 1. The first kappa shape index (κ1) is 13.3. The van der Waals surface area contributed by atoms with Gasteiger partial charge in [0.25, 0.3) is 0 Å². The SMILES string of the molecule is C/C=C\c1cnc(C)c(O)c1CS.Cl. The monoisotopic (exact) mass is 231 g/mol. The molecule has 1 aromatic rings. The highest BCUT2D eigenvalue weighted by Crippen LogP contribution is 2.25. The van der Waals surface area contributed by atoms with Gasteiger partial charge in [-0.3, -0.25) is 4.98 Å². The number of aromatic nitrogens is 1. The quantitative estimate of drug-likeness (QED) is 0.768. The largest absolute Gasteiger partial charge is 0.506 e. The summed E-state index contributed by atoms with van der Waals surface area (Å²) < 4.78 is 0. The summed E-state index contributed by atoms with van der Waals surface area (Å²) in [5.74, 6) is 0.778. The van der Waals surface area contributed by atoms with Crippen molar-refractivity contribution in [3.05, 3.63) is 29.1 Å². The molecule has 0 saturated carbocycles. The number of aromatic hydroxyl groups is 1. The fourth-order valence-corrected chi connectivity index (χ4v) is 1.48. The Bertz CT molecular complexity index is 339. The van der Waals surface area contributed by atoms with E-state index in [-0.39, 0.29) is 18.2 Å². The van der Waals surface area contributed by atoms with E-state index in [2.05, 4.69) is 17.6 Å². The van der Waals surface area contributed by atoms with E-state index in [1.54, 1.807) is 13.1 Å². The van der Waals surface area contributed by atoms with Crippen LogP contribution in [0.2, 0.25) is 0 Å². The van der Waals surface area contributed by atoms with Gasteiger partial charge < -0.3 is 5.11 Å². The summed E-state index contributed by atoms with van der Waals surface area (Å²) in [4.78, 5) is 4.07. The Morgan fingerprint density at radius 2 is 2.21 bits per heavy atom. The van der Waals surface area contributed by atoms with Crippen molar-refractivity contribution in [1.29, 1.82) is 0 Å². The second-order valence-corrected chi connectivity index (χ2v) is 3.10. The molecule has 78 valence electrons. The average molecular weight is 232 g/mol. The van der Waals surface area contributed by atoms with E-state index in [0.29, 0.717) is 11.4 Å². The van der Waals surface area contributed by atoms with Crippen LogP contribution in [0.15, 0.2) is 12.3 Å². The van der Waals surface area contributed by atoms with Crippen molar-refractivity contribution in [2.24, 2.45) is 0 Å². The summed E-state index contributed by atoms with van der Waals surface area (Å²) in [5.41, 5.74) is 2.42. The number of hydrogen-bond acceptors (Lipinski definition) is 3. The van der Waals surface area contributed by atoms with Gasteiger partial charge in [0.15, 0.2) is 0 Å². The number of pyridine rings is 1. The Kier molecular flexibility index (Phi) is 5.65. The lowest BCUT2D eigenvalue weighted by Crippen LogP contribution is -1.92. The lowest BCUT2D eigenvalue weighted by molar-refractivity contribution is 0.462. The number of thiol groups is 1. The van der Waals surface area contributed by atoms with Crippen molar-refractivity contribution >= 4 is 31.1 Å². The predicted molar refractivity (Wildman–Crippen MR) is 65.3 cm³/mol. The maximum Gasteiger partial charge on any atom is 0.141 e. The van der Waals surface area contributed by atoms with Gasteiger partial charge in [0.05, 0.1) is 5.69 Å². The van der Waals surface area contributed by atoms with Crippen LogP contribution in [0.4, 0.5) is 0 Å². The van der Waals surface area contributed by atoms with Crippen LogP contribution in [-0.4, -0.2) is 10.1 Å². The normalized spacial score (nSPS) is 10.2. The molecule has 0 aliphatic carbocycles. The second kappa shape index (κ2) is 5.94. The highest BCUT2D eigenvalue weighted by atomic mass is 35.5. The molecule has 0 aliphatic heterocycles. The molecular weight excluding hydrogens is 218 g/mol. The summed E-state index contributed by atoms with van der Waals surface area (Å²) in [5, 5.41) is 9.66. The fraction of sp³-hybridized carbons (Fsp3) is 0.300. The van der Waals surface area contributed by atoms with Crippen LogP contribution in [0.3, 0.4) is 0 Å². The van der Waals surface area contributed by atoms with Gasteiger partial charge in [0.1, 0.15) is 5.75 Å². The Morgan fingerprint density at radius 3 is 2.71 bits per heavy atom. The van der Waals surface area contributed by atoms with Gasteiger partial charge in [0.2, 0.25) is 0 Å². The minimum Gasteiger partial charge on any atom is -0.506 e. The summed E-state index contributed by atoms with van der Waals surface area (Å²) in [6.07, 6.45) is 5.58. The van der Waals surface area contributed by atoms with Gasteiger partial charge in [0, 0.05) is 23.1 Å². The van der Waals surface area contributed by atoms with E-state index >= 15 is 0 Å². The highest BCUT2D eigenvalue weighted by Gasteiger charge is 2.07. The third-order valence-electron chi connectivity index (χ3n) is 1.88. The van der Waals surface area contributed by atoms with Gasteiger partial charge in [-0.05, 0) is 13.8 Å². The molecule has 0 atom stereocenters. The van der Waals surface area contributed by atoms with E-state index in [0.717, 1.165) is 11.1 Å². The molecule has 0 unspecified atom stereocenters. The van der Waals surface area contributed by atoms with Crippen molar-refractivity contribution in [3.8, 4) is 5.75 Å². The van der Waals surface area contributed by atoms with Crippen LogP contribution in [0, 0.1) is 6.92 Å². The molecule has 1 N–H and O–H groups in total. The summed E-state index contributed by atoms with van der Waals surface area (Å²) in [6, 6.07) is 0. The summed E-state index contributed by atoms with van der Waals surface area (Å²) in [6.45, 7) is 3.71. The lowest BCUT2D eigenvalue weighted by atomic mass is 10.1. The minimum atomic E-state index is 0. The Morgan fingerprint density at radius 1 is 1.57 bits per heavy atom. The minimum absolute atomic E-state index is 0. The van der Waals surface area contributed by atoms with Gasteiger partial charge in [-0.2, -0.15) is 12.6 Å². The first-order valence-corrected chi connectivity index (χ1v) is 4.75. The Labute approximate surface area is 95.9 Å². The van der Waals surface area contributed by atoms with Crippen LogP contribution in [0.25, 0.3) is 6.08 Å². The van der Waals surface area contributed by atoms with E-state index in [9.17, 15) is 5.11 Å². The molecule has 2 nitrogen and oxygen atoms in total. The van der Waals surface area contributed by atoms with Crippen molar-refractivity contribution in [1.82, 2.24) is 4.98 Å². The zero-order valence-electron chi connectivity index (χ0n) is 8.19. The topological polar surface area (TPSA) is 33.1 Å². The lowest BCUT2D eigenvalue weighted by Gasteiger charge is -2.07. The molecule has 0 amide bonds. The Hall–Kier alpha value is -0.670. The van der Waals surface area contributed by atoms with Gasteiger partial charge >= 0.3 is 0 Å². The number of hydrogen-bond donors (Lipinski definition) is 2. The number of nitrogens with zero attached hydrogens (tertiary/aromatic N) is 1. The summed E-state index contributed by atoms with van der Waals surface area (Å²) >= 11 is 4.17. The molecule has 1 rings (SSSR count). The third kappa shape index (κ3) is 2.66. The molecule has 0 aromatic carbocycles. The van der Waals surface area contributed by atoms with Crippen LogP contribution in [0.1, 0.15) is 23.7 Å². The maximum atomic E-state index is 9.66. The fourth-order valence-electron chi connectivity index (χ4n) is 1.15. The molecule has 1 heterocycles. The first-order valence-electron chi connectivity index (χ1n) is 4.11. The molecule has 4 heteroatoms. The van der Waals surface area contributed by atoms with Crippen LogP contribution < -0.4 is 0 Å². The number of rotatable bonds is 2. The van der Waals surface area contributed by atoms with Gasteiger partial charge in [-0.1, -0.05) is 12.2 Å². The third-order valence-corrected chi connectivity index (χ3v) is 2.19. The van der Waals surface area contributed by atoms with Gasteiger partial charge in [-0.25, -0.2) is 0 Å².